The predicted octanol–water partition coefficient (Wildman–Crippen LogP) is 0.959. The summed E-state index contributed by atoms with van der Waals surface area (Å²) in [4.78, 5) is 14.1. The summed E-state index contributed by atoms with van der Waals surface area (Å²) < 4.78 is 5.08. The smallest absolute Gasteiger partial charge is 0.253 e. The van der Waals surface area contributed by atoms with E-state index >= 15 is 0 Å². The van der Waals surface area contributed by atoms with Crippen molar-refractivity contribution in [3.63, 3.8) is 0 Å². The molecule has 0 aliphatic heterocycles. The fraction of sp³-hybridized carbons (Fsp3) is 0.462. The van der Waals surface area contributed by atoms with Crippen molar-refractivity contribution in [3.05, 3.63) is 23.8 Å². The highest BCUT2D eigenvalue weighted by atomic mass is 16.5. The van der Waals surface area contributed by atoms with E-state index in [2.05, 4.69) is 17.1 Å². The van der Waals surface area contributed by atoms with Gasteiger partial charge in [-0.1, -0.05) is 6.92 Å². The molecule has 100 valence electrons. The SMILES string of the molecule is CCN(C)CCNC(=O)c1cc(OC)ccc1N. The van der Waals surface area contributed by atoms with Crippen LogP contribution >= 0.6 is 0 Å². The van der Waals surface area contributed by atoms with Crippen molar-refractivity contribution >= 4 is 11.6 Å². The van der Waals surface area contributed by atoms with E-state index in [4.69, 9.17) is 10.5 Å². The minimum absolute atomic E-state index is 0.170. The van der Waals surface area contributed by atoms with Crippen molar-refractivity contribution in [2.75, 3.05) is 39.5 Å². The summed E-state index contributed by atoms with van der Waals surface area (Å²) in [6, 6.07) is 5.05. The van der Waals surface area contributed by atoms with Gasteiger partial charge in [0.1, 0.15) is 5.75 Å². The molecule has 0 fully saturated rings. The Morgan fingerprint density at radius 2 is 2.22 bits per heavy atom. The van der Waals surface area contributed by atoms with E-state index in [1.54, 1.807) is 25.3 Å². The largest absolute Gasteiger partial charge is 0.497 e. The third-order valence-electron chi connectivity index (χ3n) is 2.82. The summed E-state index contributed by atoms with van der Waals surface area (Å²) in [5.74, 6) is 0.455. The standard InChI is InChI=1S/C13H21N3O2/c1-4-16(2)8-7-15-13(17)11-9-10(18-3)5-6-12(11)14/h5-6,9H,4,7-8,14H2,1-3H3,(H,15,17). The van der Waals surface area contributed by atoms with E-state index < -0.39 is 0 Å². The summed E-state index contributed by atoms with van der Waals surface area (Å²) in [7, 11) is 3.56. The van der Waals surface area contributed by atoms with Gasteiger partial charge in [0.2, 0.25) is 0 Å². The highest BCUT2D eigenvalue weighted by molar-refractivity contribution is 5.99. The van der Waals surface area contributed by atoms with Crippen LogP contribution < -0.4 is 15.8 Å². The molecule has 1 aromatic carbocycles. The number of likely N-dealkylation sites (N-methyl/N-ethyl adjacent to an activating group) is 1. The van der Waals surface area contributed by atoms with Crippen LogP contribution in [0.1, 0.15) is 17.3 Å². The number of amides is 1. The lowest BCUT2D eigenvalue weighted by atomic mass is 10.1. The monoisotopic (exact) mass is 251 g/mol. The molecule has 18 heavy (non-hydrogen) atoms. The summed E-state index contributed by atoms with van der Waals surface area (Å²) in [5, 5.41) is 2.84. The summed E-state index contributed by atoms with van der Waals surface area (Å²) in [5.41, 5.74) is 6.68. The van der Waals surface area contributed by atoms with Crippen LogP contribution in [-0.2, 0) is 0 Å². The molecule has 0 aliphatic carbocycles. The Morgan fingerprint density at radius 3 is 2.83 bits per heavy atom. The van der Waals surface area contributed by atoms with Crippen molar-refractivity contribution < 1.29 is 9.53 Å². The van der Waals surface area contributed by atoms with Gasteiger partial charge in [-0.3, -0.25) is 4.79 Å². The molecule has 3 N–H and O–H groups in total. The minimum Gasteiger partial charge on any atom is -0.497 e. The van der Waals surface area contributed by atoms with Gasteiger partial charge in [-0.15, -0.1) is 0 Å². The number of carbonyl (C=O) groups excluding carboxylic acids is 1. The Hall–Kier alpha value is -1.75. The van der Waals surface area contributed by atoms with Crippen molar-refractivity contribution in [3.8, 4) is 5.75 Å². The molecule has 5 nitrogen and oxygen atoms in total. The van der Waals surface area contributed by atoms with Crippen molar-refractivity contribution in [2.45, 2.75) is 6.92 Å². The van der Waals surface area contributed by atoms with Gasteiger partial charge in [0.25, 0.3) is 5.91 Å². The van der Waals surface area contributed by atoms with Gasteiger partial charge in [0.05, 0.1) is 12.7 Å². The van der Waals surface area contributed by atoms with Crippen LogP contribution in [0.5, 0.6) is 5.75 Å². The Morgan fingerprint density at radius 1 is 1.50 bits per heavy atom. The molecule has 0 saturated carbocycles. The van der Waals surface area contributed by atoms with E-state index in [1.165, 1.54) is 0 Å². The number of carbonyl (C=O) groups is 1. The third kappa shape index (κ3) is 3.92. The van der Waals surface area contributed by atoms with E-state index in [1.807, 2.05) is 7.05 Å². The van der Waals surface area contributed by atoms with Gasteiger partial charge in [-0.2, -0.15) is 0 Å². The lowest BCUT2D eigenvalue weighted by Gasteiger charge is -2.14. The molecule has 1 rings (SSSR count). The van der Waals surface area contributed by atoms with E-state index in [0.717, 1.165) is 13.1 Å². The molecular weight excluding hydrogens is 230 g/mol. The lowest BCUT2D eigenvalue weighted by Crippen LogP contribution is -2.33. The zero-order valence-electron chi connectivity index (χ0n) is 11.2. The van der Waals surface area contributed by atoms with E-state index in [9.17, 15) is 4.79 Å². The molecule has 0 spiro atoms. The second-order valence-corrected chi connectivity index (χ2v) is 4.10. The number of hydrogen-bond donors (Lipinski definition) is 2. The third-order valence-corrected chi connectivity index (χ3v) is 2.82. The highest BCUT2D eigenvalue weighted by Crippen LogP contribution is 2.19. The van der Waals surface area contributed by atoms with Gasteiger partial charge in [0.15, 0.2) is 0 Å². The summed E-state index contributed by atoms with van der Waals surface area (Å²) >= 11 is 0. The van der Waals surface area contributed by atoms with E-state index in [0.29, 0.717) is 23.5 Å². The zero-order valence-corrected chi connectivity index (χ0v) is 11.2. The fourth-order valence-electron chi connectivity index (χ4n) is 1.47. The first-order valence-electron chi connectivity index (χ1n) is 5.98. The maximum absolute atomic E-state index is 11.9. The second kappa shape index (κ2) is 6.86. The zero-order chi connectivity index (χ0) is 13.5. The molecule has 0 aromatic heterocycles. The van der Waals surface area contributed by atoms with Gasteiger partial charge in [-0.25, -0.2) is 0 Å². The first kappa shape index (κ1) is 14.3. The first-order valence-corrected chi connectivity index (χ1v) is 5.98. The summed E-state index contributed by atoms with van der Waals surface area (Å²) in [6.07, 6.45) is 0. The molecular formula is C13H21N3O2. The van der Waals surface area contributed by atoms with E-state index in [-0.39, 0.29) is 5.91 Å². The molecule has 0 saturated heterocycles. The number of nitrogens with two attached hydrogens (primary N) is 1. The van der Waals surface area contributed by atoms with Gasteiger partial charge in [0, 0.05) is 18.8 Å². The Kier molecular flexibility index (Phi) is 5.45. The maximum atomic E-state index is 11.9. The molecule has 0 unspecified atom stereocenters. The second-order valence-electron chi connectivity index (χ2n) is 4.10. The Bertz CT molecular complexity index is 407. The lowest BCUT2D eigenvalue weighted by molar-refractivity contribution is 0.0950. The molecule has 0 bridgehead atoms. The number of rotatable bonds is 6. The maximum Gasteiger partial charge on any atom is 0.253 e. The van der Waals surface area contributed by atoms with Crippen LogP contribution in [0.25, 0.3) is 0 Å². The topological polar surface area (TPSA) is 67.6 Å². The van der Waals surface area contributed by atoms with Gasteiger partial charge >= 0.3 is 0 Å². The number of hydrogen-bond acceptors (Lipinski definition) is 4. The minimum atomic E-state index is -0.170. The number of benzene rings is 1. The number of nitrogen functional groups attached to an aromatic ring is 1. The Labute approximate surface area is 108 Å². The van der Waals surface area contributed by atoms with Crippen LogP contribution in [0.4, 0.5) is 5.69 Å². The van der Waals surface area contributed by atoms with Gasteiger partial charge < -0.3 is 20.7 Å². The number of ether oxygens (including phenoxy) is 1. The molecule has 1 amide bonds. The summed E-state index contributed by atoms with van der Waals surface area (Å²) in [6.45, 7) is 4.44. The average Bonchev–Trinajstić information content (AvgIpc) is 2.38. The van der Waals surface area contributed by atoms with Crippen LogP contribution in [-0.4, -0.2) is 44.6 Å². The molecule has 1 aromatic rings. The number of nitrogens with one attached hydrogen (secondary N) is 1. The highest BCUT2D eigenvalue weighted by Gasteiger charge is 2.10. The first-order chi connectivity index (χ1) is 8.58. The van der Waals surface area contributed by atoms with Crippen molar-refractivity contribution in [2.24, 2.45) is 0 Å². The Balaban J connectivity index is 2.61. The normalized spacial score (nSPS) is 10.4. The predicted molar refractivity (Wildman–Crippen MR) is 72.9 cm³/mol. The quantitative estimate of drug-likeness (QED) is 0.739. The van der Waals surface area contributed by atoms with Gasteiger partial charge in [-0.05, 0) is 31.8 Å². The van der Waals surface area contributed by atoms with Crippen molar-refractivity contribution in [1.82, 2.24) is 10.2 Å². The van der Waals surface area contributed by atoms with Crippen LogP contribution in [0.15, 0.2) is 18.2 Å². The molecule has 0 radical (unpaired) electrons. The molecule has 0 heterocycles. The molecule has 5 heteroatoms. The number of nitrogens with zero attached hydrogens (tertiary/aromatic N) is 1. The van der Waals surface area contributed by atoms with Crippen LogP contribution in [0, 0.1) is 0 Å². The number of methoxy groups -OCH3 is 1. The fourth-order valence-corrected chi connectivity index (χ4v) is 1.47. The van der Waals surface area contributed by atoms with Crippen LogP contribution in [0.2, 0.25) is 0 Å². The van der Waals surface area contributed by atoms with Crippen LogP contribution in [0.3, 0.4) is 0 Å². The van der Waals surface area contributed by atoms with Crippen molar-refractivity contribution in [1.29, 1.82) is 0 Å². The molecule has 0 atom stereocenters. The average molecular weight is 251 g/mol. The number of anilines is 1. The molecule has 0 aliphatic rings.